The van der Waals surface area contributed by atoms with Crippen LogP contribution in [0.5, 0.6) is 0 Å². The van der Waals surface area contributed by atoms with E-state index in [1.807, 2.05) is 41.3 Å². The number of likely N-dealkylation sites (tertiary alicyclic amines) is 1. The second-order valence-corrected chi connectivity index (χ2v) is 7.82. The molecular weight excluding hydrogens is 336 g/mol. The molecule has 2 fully saturated rings. The van der Waals surface area contributed by atoms with Crippen LogP contribution in [-0.4, -0.2) is 47.0 Å². The number of piperidine rings is 2. The Kier molecular flexibility index (Phi) is 5.37. The summed E-state index contributed by atoms with van der Waals surface area (Å²) in [5.41, 5.74) is 1.48. The molecule has 0 atom stereocenters. The van der Waals surface area contributed by atoms with E-state index in [-0.39, 0.29) is 5.91 Å². The molecule has 3 heterocycles. The zero-order chi connectivity index (χ0) is 18.6. The molecule has 5 nitrogen and oxygen atoms in total. The highest BCUT2D eigenvalue weighted by atomic mass is 16.2. The molecule has 0 bridgehead atoms. The van der Waals surface area contributed by atoms with Crippen molar-refractivity contribution in [1.82, 2.24) is 14.9 Å². The Bertz CT molecular complexity index is 778. The van der Waals surface area contributed by atoms with E-state index in [9.17, 15) is 4.79 Å². The number of rotatable bonds is 3. The Hall–Kier alpha value is -2.43. The van der Waals surface area contributed by atoms with Crippen molar-refractivity contribution < 1.29 is 4.79 Å². The predicted octanol–water partition coefficient (Wildman–Crippen LogP) is 4.01. The monoisotopic (exact) mass is 364 g/mol. The molecule has 0 spiro atoms. The van der Waals surface area contributed by atoms with Crippen LogP contribution < -0.4 is 4.90 Å². The van der Waals surface area contributed by atoms with Gasteiger partial charge in [0.2, 0.25) is 0 Å². The minimum Gasteiger partial charge on any atom is -0.356 e. The van der Waals surface area contributed by atoms with Crippen LogP contribution in [0.15, 0.2) is 36.4 Å². The van der Waals surface area contributed by atoms with E-state index < -0.39 is 0 Å². The molecule has 0 aliphatic carbocycles. The van der Waals surface area contributed by atoms with Crippen LogP contribution in [0.1, 0.15) is 49.5 Å². The molecule has 0 radical (unpaired) electrons. The van der Waals surface area contributed by atoms with E-state index in [0.29, 0.717) is 17.4 Å². The van der Waals surface area contributed by atoms with Crippen molar-refractivity contribution >= 4 is 11.7 Å². The van der Waals surface area contributed by atoms with Crippen LogP contribution >= 0.6 is 0 Å². The summed E-state index contributed by atoms with van der Waals surface area (Å²) in [5, 5.41) is 0. The first kappa shape index (κ1) is 18.0. The van der Waals surface area contributed by atoms with E-state index in [1.165, 1.54) is 19.3 Å². The fourth-order valence-corrected chi connectivity index (χ4v) is 3.92. The van der Waals surface area contributed by atoms with Crippen molar-refractivity contribution in [3.63, 3.8) is 0 Å². The Labute approximate surface area is 161 Å². The van der Waals surface area contributed by atoms with Gasteiger partial charge in [-0.15, -0.1) is 0 Å². The second-order valence-electron chi connectivity index (χ2n) is 7.82. The predicted molar refractivity (Wildman–Crippen MR) is 108 cm³/mol. The number of amides is 1. The van der Waals surface area contributed by atoms with Gasteiger partial charge < -0.3 is 9.80 Å². The molecule has 1 amide bonds. The van der Waals surface area contributed by atoms with Gasteiger partial charge in [0.25, 0.3) is 5.91 Å². The van der Waals surface area contributed by atoms with E-state index in [0.717, 1.165) is 50.4 Å². The summed E-state index contributed by atoms with van der Waals surface area (Å²) in [5.74, 6) is 2.27. The number of aromatic nitrogens is 2. The molecule has 2 aliphatic heterocycles. The number of carbonyl (C=O) groups is 1. The van der Waals surface area contributed by atoms with Gasteiger partial charge in [-0.1, -0.05) is 37.3 Å². The van der Waals surface area contributed by atoms with Gasteiger partial charge in [0.1, 0.15) is 11.5 Å². The molecule has 4 rings (SSSR count). The summed E-state index contributed by atoms with van der Waals surface area (Å²) in [4.78, 5) is 26.9. The third kappa shape index (κ3) is 4.12. The molecule has 5 heteroatoms. The van der Waals surface area contributed by atoms with Crippen LogP contribution in [0.2, 0.25) is 0 Å². The maximum atomic E-state index is 13.1. The molecule has 1 aromatic heterocycles. The third-order valence-corrected chi connectivity index (χ3v) is 5.71. The average Bonchev–Trinajstić information content (AvgIpc) is 2.75. The first-order valence-corrected chi connectivity index (χ1v) is 10.2. The first-order chi connectivity index (χ1) is 13.2. The van der Waals surface area contributed by atoms with Crippen LogP contribution in [0, 0.1) is 5.92 Å². The first-order valence-electron chi connectivity index (χ1n) is 10.2. The molecule has 2 aromatic rings. The average molecular weight is 364 g/mol. The number of carbonyl (C=O) groups excluding carboxylic acids is 1. The number of benzene rings is 1. The number of hydrogen-bond donors (Lipinski definition) is 0. The summed E-state index contributed by atoms with van der Waals surface area (Å²) in [7, 11) is 0. The SMILES string of the molecule is CC1CCN(C(=O)c2cc(N3CCCCC3)nc(-c3ccccc3)n2)CC1. The maximum absolute atomic E-state index is 13.1. The molecule has 2 saturated heterocycles. The van der Waals surface area contributed by atoms with Gasteiger partial charge in [-0.2, -0.15) is 0 Å². The quantitative estimate of drug-likeness (QED) is 0.826. The normalized spacial score (nSPS) is 18.6. The van der Waals surface area contributed by atoms with Crippen LogP contribution in [-0.2, 0) is 0 Å². The Morgan fingerprint density at radius 2 is 1.67 bits per heavy atom. The highest BCUT2D eigenvalue weighted by molar-refractivity contribution is 5.93. The van der Waals surface area contributed by atoms with E-state index >= 15 is 0 Å². The standard InChI is InChI=1S/C22H28N4O/c1-17-10-14-26(15-11-17)22(27)19-16-20(25-12-6-3-7-13-25)24-21(23-19)18-8-4-2-5-9-18/h2,4-5,8-9,16-17H,3,6-7,10-15H2,1H3. The molecule has 0 N–H and O–H groups in total. The molecule has 0 unspecified atom stereocenters. The number of anilines is 1. The molecule has 0 saturated carbocycles. The van der Waals surface area contributed by atoms with Crippen molar-refractivity contribution in [2.24, 2.45) is 5.92 Å². The van der Waals surface area contributed by atoms with Gasteiger partial charge in [-0.25, -0.2) is 9.97 Å². The van der Waals surface area contributed by atoms with E-state index in [1.54, 1.807) is 0 Å². The van der Waals surface area contributed by atoms with Crippen molar-refractivity contribution in [1.29, 1.82) is 0 Å². The lowest BCUT2D eigenvalue weighted by Gasteiger charge is -2.31. The van der Waals surface area contributed by atoms with Crippen molar-refractivity contribution in [3.8, 4) is 11.4 Å². The van der Waals surface area contributed by atoms with Gasteiger partial charge in [-0.3, -0.25) is 4.79 Å². The fraction of sp³-hybridized carbons (Fsp3) is 0.500. The van der Waals surface area contributed by atoms with Crippen LogP contribution in [0.25, 0.3) is 11.4 Å². The topological polar surface area (TPSA) is 49.3 Å². The molecule has 1 aromatic carbocycles. The Balaban J connectivity index is 1.68. The van der Waals surface area contributed by atoms with Crippen molar-refractivity contribution in [3.05, 3.63) is 42.1 Å². The van der Waals surface area contributed by atoms with Gasteiger partial charge >= 0.3 is 0 Å². The van der Waals surface area contributed by atoms with Crippen LogP contribution in [0.4, 0.5) is 5.82 Å². The van der Waals surface area contributed by atoms with Gasteiger partial charge in [0.05, 0.1) is 0 Å². The van der Waals surface area contributed by atoms with Gasteiger partial charge in [0.15, 0.2) is 5.82 Å². The Morgan fingerprint density at radius 1 is 0.963 bits per heavy atom. The lowest BCUT2D eigenvalue weighted by Crippen LogP contribution is -2.38. The maximum Gasteiger partial charge on any atom is 0.272 e. The summed E-state index contributed by atoms with van der Waals surface area (Å²) in [6, 6.07) is 11.9. The van der Waals surface area contributed by atoms with Crippen LogP contribution in [0.3, 0.4) is 0 Å². The zero-order valence-electron chi connectivity index (χ0n) is 16.1. The Morgan fingerprint density at radius 3 is 2.37 bits per heavy atom. The fourth-order valence-electron chi connectivity index (χ4n) is 3.92. The summed E-state index contributed by atoms with van der Waals surface area (Å²) in [6.07, 6.45) is 5.77. The minimum absolute atomic E-state index is 0.0414. The smallest absolute Gasteiger partial charge is 0.272 e. The number of hydrogen-bond acceptors (Lipinski definition) is 4. The minimum atomic E-state index is 0.0414. The van der Waals surface area contributed by atoms with E-state index in [4.69, 9.17) is 4.98 Å². The molecule has 27 heavy (non-hydrogen) atoms. The largest absolute Gasteiger partial charge is 0.356 e. The summed E-state index contributed by atoms with van der Waals surface area (Å²) >= 11 is 0. The van der Waals surface area contributed by atoms with Crippen molar-refractivity contribution in [2.75, 3.05) is 31.1 Å². The highest BCUT2D eigenvalue weighted by Crippen LogP contribution is 2.24. The van der Waals surface area contributed by atoms with Gasteiger partial charge in [-0.05, 0) is 38.0 Å². The zero-order valence-corrected chi connectivity index (χ0v) is 16.1. The highest BCUT2D eigenvalue weighted by Gasteiger charge is 2.24. The number of nitrogens with zero attached hydrogens (tertiary/aromatic N) is 4. The summed E-state index contributed by atoms with van der Waals surface area (Å²) < 4.78 is 0. The second kappa shape index (κ2) is 8.07. The lowest BCUT2D eigenvalue weighted by atomic mass is 9.99. The lowest BCUT2D eigenvalue weighted by molar-refractivity contribution is 0.0691. The molecular formula is C22H28N4O. The van der Waals surface area contributed by atoms with E-state index in [2.05, 4.69) is 16.8 Å². The van der Waals surface area contributed by atoms with Crippen molar-refractivity contribution in [2.45, 2.75) is 39.0 Å². The summed E-state index contributed by atoms with van der Waals surface area (Å²) in [6.45, 7) is 5.90. The van der Waals surface area contributed by atoms with Gasteiger partial charge in [0, 0.05) is 37.8 Å². The molecule has 2 aliphatic rings. The third-order valence-electron chi connectivity index (χ3n) is 5.71. The molecule has 142 valence electrons.